The Hall–Kier alpha value is -17.6. The fraction of sp³-hybridized carbons (Fsp3) is 0.228. The highest BCUT2D eigenvalue weighted by Crippen LogP contribution is 2.50. The third-order valence-electron chi connectivity index (χ3n) is 28.5. The maximum atomic E-state index is 13.4. The van der Waals surface area contributed by atoms with E-state index < -0.39 is 36.9 Å². The number of pyridine rings is 8. The van der Waals surface area contributed by atoms with Crippen molar-refractivity contribution in [3.8, 4) is 67.6 Å². The molecule has 1 saturated heterocycles. The van der Waals surface area contributed by atoms with Crippen molar-refractivity contribution in [3.63, 3.8) is 0 Å². The van der Waals surface area contributed by atoms with Gasteiger partial charge in [-0.05, 0) is 219 Å². The van der Waals surface area contributed by atoms with E-state index in [9.17, 15) is 37.5 Å². The zero-order chi connectivity index (χ0) is 103. The van der Waals surface area contributed by atoms with Gasteiger partial charge in [-0.15, -0.1) is 0 Å². The molecule has 4 aliphatic carbocycles. The number of nitrogen functional groups attached to an aromatic ring is 3. The van der Waals surface area contributed by atoms with Gasteiger partial charge in [0.25, 0.3) is 0 Å². The number of hydrogen-bond acceptors (Lipinski definition) is 26. The monoisotopic (exact) mass is 1990 g/mol. The number of benzene rings is 5. The molecular weight excluding hydrogens is 1880 g/mol. The van der Waals surface area contributed by atoms with Gasteiger partial charge in [-0.3, -0.25) is 33.9 Å². The van der Waals surface area contributed by atoms with E-state index in [-0.39, 0.29) is 53.1 Å². The van der Waals surface area contributed by atoms with Crippen LogP contribution < -0.4 is 48.5 Å². The predicted octanol–water partition coefficient (Wildman–Crippen LogP) is 18.5. The molecule has 13 heterocycles. The summed E-state index contributed by atoms with van der Waals surface area (Å²) in [6.07, 6.45) is 36.8. The summed E-state index contributed by atoms with van der Waals surface area (Å²) >= 11 is 0. The van der Waals surface area contributed by atoms with Gasteiger partial charge in [0, 0.05) is 179 Å². The summed E-state index contributed by atoms with van der Waals surface area (Å²) in [5.41, 5.74) is 36.1. The van der Waals surface area contributed by atoms with E-state index in [1.807, 2.05) is 160 Å². The quantitative estimate of drug-likeness (QED) is 0.0283. The van der Waals surface area contributed by atoms with Crippen LogP contribution in [0.2, 0.25) is 0 Å². The molecule has 1 aliphatic heterocycles. The minimum absolute atomic E-state index is 0.0187. The van der Waals surface area contributed by atoms with Gasteiger partial charge in [-0.25, -0.2) is 58.3 Å². The number of aromatic amines is 2. The fourth-order valence-electron chi connectivity index (χ4n) is 19.3. The van der Waals surface area contributed by atoms with Crippen molar-refractivity contribution in [3.05, 3.63) is 349 Å². The number of anilines is 8. The number of aromatic nitrogens is 14. The lowest BCUT2D eigenvalue weighted by molar-refractivity contribution is -0.125. The number of nitrogens with two attached hydrogens (primary N) is 3. The lowest BCUT2D eigenvalue weighted by Crippen LogP contribution is -2.46. The highest BCUT2D eigenvalue weighted by molar-refractivity contribution is 7.90. The number of nitrogens with zero attached hydrogens (tertiary/aromatic N) is 13. The first-order chi connectivity index (χ1) is 71.7. The molecule has 34 heteroatoms. The molecule has 33 nitrogen and oxygen atoms in total. The van der Waals surface area contributed by atoms with Crippen LogP contribution >= 0.6 is 0 Å². The summed E-state index contributed by atoms with van der Waals surface area (Å²) in [5, 5.41) is 35.5. The van der Waals surface area contributed by atoms with E-state index in [4.69, 9.17) is 31.9 Å². The molecule has 148 heavy (non-hydrogen) atoms. The molecule has 0 spiro atoms. The highest BCUT2D eigenvalue weighted by Gasteiger charge is 2.50. The summed E-state index contributed by atoms with van der Waals surface area (Å²) in [4.78, 5) is 122. The Kier molecular flexibility index (Phi) is 29.9. The Morgan fingerprint density at radius 1 is 0.385 bits per heavy atom. The van der Waals surface area contributed by atoms with Crippen LogP contribution in [0.5, 0.6) is 5.88 Å². The Balaban J connectivity index is 0.000000121. The van der Waals surface area contributed by atoms with Gasteiger partial charge in [0.2, 0.25) is 47.3 Å². The molecule has 12 aromatic heterocycles. The van der Waals surface area contributed by atoms with Crippen molar-refractivity contribution in [1.82, 2.24) is 69.8 Å². The Morgan fingerprint density at radius 3 is 1.10 bits per heavy atom. The number of aryl methyl sites for hydroxylation is 2. The number of nitrogens with one attached hydrogen (secondary N) is 7. The number of amides is 5. The van der Waals surface area contributed by atoms with Crippen LogP contribution in [0.15, 0.2) is 304 Å². The first-order valence-corrected chi connectivity index (χ1v) is 50.6. The number of methoxy groups -OCH3 is 1. The van der Waals surface area contributed by atoms with E-state index in [0.717, 1.165) is 212 Å². The maximum absolute atomic E-state index is 13.4. The lowest BCUT2D eigenvalue weighted by atomic mass is 9.63. The van der Waals surface area contributed by atoms with Gasteiger partial charge < -0.3 is 68.3 Å². The highest BCUT2D eigenvalue weighted by atomic mass is 32.2. The van der Waals surface area contributed by atoms with Crippen molar-refractivity contribution in [2.24, 2.45) is 0 Å². The molecule has 14 N–H and O–H groups in total. The van der Waals surface area contributed by atoms with Crippen LogP contribution in [0.1, 0.15) is 140 Å². The molecule has 4 saturated carbocycles. The van der Waals surface area contributed by atoms with Crippen molar-refractivity contribution < 1.29 is 47.0 Å². The third kappa shape index (κ3) is 22.1. The van der Waals surface area contributed by atoms with Gasteiger partial charge in [-0.1, -0.05) is 147 Å². The first-order valence-electron chi connectivity index (χ1n) is 48.7. The molecule has 5 aliphatic rings. The summed E-state index contributed by atoms with van der Waals surface area (Å²) in [6.45, 7) is 4.62. The number of nitriles is 1. The second kappa shape index (κ2) is 43.9. The van der Waals surface area contributed by atoms with Crippen molar-refractivity contribution in [2.45, 2.75) is 142 Å². The van der Waals surface area contributed by atoms with Crippen molar-refractivity contribution >= 4 is 108 Å². The van der Waals surface area contributed by atoms with E-state index in [1.165, 1.54) is 18.5 Å². The summed E-state index contributed by atoms with van der Waals surface area (Å²) in [6, 6.07) is 69.6. The van der Waals surface area contributed by atoms with Crippen LogP contribution in [0.3, 0.4) is 0 Å². The topological polar surface area (TPSA) is 506 Å². The number of carbonyl (C=O) groups is 5. The third-order valence-corrected chi connectivity index (χ3v) is 29.5. The number of fused-ring (bicyclic) bond motifs is 2. The zero-order valence-electron chi connectivity index (χ0n) is 81.9. The molecule has 0 radical (unpaired) electrons. The largest absolute Gasteiger partial charge is 0.481 e. The lowest BCUT2D eigenvalue weighted by Gasteiger charge is -2.40. The molecular formula is C114H109N23O10S. The molecule has 0 unspecified atom stereocenters. The van der Waals surface area contributed by atoms with Gasteiger partial charge in [0.05, 0.1) is 58.2 Å². The van der Waals surface area contributed by atoms with E-state index >= 15 is 0 Å². The number of rotatable bonds is 23. The number of aliphatic hydroxyl groups excluding tert-OH is 1. The number of aliphatic hydroxyl groups is 1. The van der Waals surface area contributed by atoms with Gasteiger partial charge in [-0.2, -0.15) is 5.26 Å². The minimum atomic E-state index is -3.38. The predicted molar refractivity (Wildman–Crippen MR) is 569 cm³/mol. The van der Waals surface area contributed by atoms with E-state index in [0.29, 0.717) is 66.1 Å². The molecule has 0 bridgehead atoms. The Labute approximate surface area is 854 Å². The molecule has 746 valence electrons. The van der Waals surface area contributed by atoms with Crippen LogP contribution in [-0.4, -0.2) is 139 Å². The average Bonchev–Trinajstić information content (AvgIpc) is 0.918. The molecule has 0 atom stereocenters. The molecule has 17 aromatic rings. The van der Waals surface area contributed by atoms with Crippen LogP contribution in [0.25, 0.3) is 77.7 Å². The second-order valence-corrected chi connectivity index (χ2v) is 39.6. The summed E-state index contributed by atoms with van der Waals surface area (Å²) in [7, 11) is -1.82. The standard InChI is InChI=1S/C24H23N5O3.C24H22N4O2.C24H22N4O.C21H21N5O3S.C21H21N5O/c25-12-16-1-6-21(27-13-16)29-23(31)24(7-9-32-10-8-24)20-4-2-17(3-5-20)18-11-19(15-30)22(26)28-14-18;1-30-21-14-20(8-12-25-21)28-23(29)24(9-2-10-24)19-5-3-16(4-6-19)18-13-17-7-11-26-22(17)27-15-18;1-16-13-21(8-12-25-16)28-23(29)24(9-2-10-24)20-5-3-17(4-6-20)19-14-18-7-11-26-22(18)27-15-19;1-30(28,29)18-8-7-17(13-23-18)26-19(27)21(9-2-10-21)16-5-3-14(4-6-16)15-11-24-20(22)25-12-15;1-14-11-18(7-10-23-14)26-19(27)21(8-2-9-21)17-5-3-15(4-6-17)16-12-24-20(22)25-13-16/h1-6,11,13-14,30H,7-10,15H2,(H2,26,28)(H,27,29,31);3-8,11-15H,2,9-10H2,1H3,(H,26,27)(H,25,28,29);3-8,11-15H,2,9-10H2,1H3,(H,26,27)(H,25,28,29);3-8,11-13H,2,9-10H2,1H3,(H,26,27)(H2,22,24,25);3-7,10-13H,2,8-9H2,1H3,(H2,22,24,25)(H,23,26,27). The van der Waals surface area contributed by atoms with Gasteiger partial charge in [0.15, 0.2) is 14.9 Å². The zero-order valence-corrected chi connectivity index (χ0v) is 82.7. The number of carbonyl (C=O) groups excluding carboxylic acids is 5. The Morgan fingerprint density at radius 2 is 0.750 bits per heavy atom. The first kappa shape index (κ1) is 101. The summed E-state index contributed by atoms with van der Waals surface area (Å²) in [5.74, 6) is 1.53. The molecule has 22 rings (SSSR count). The average molecular weight is 1990 g/mol. The van der Waals surface area contributed by atoms with Crippen LogP contribution in [0, 0.1) is 25.2 Å². The molecule has 5 fully saturated rings. The van der Waals surface area contributed by atoms with Crippen molar-refractivity contribution in [2.75, 3.05) is 70.4 Å². The smallest absolute Gasteiger partial charge is 0.236 e. The second-order valence-electron chi connectivity index (χ2n) is 37.6. The minimum Gasteiger partial charge on any atom is -0.481 e. The number of H-pyrrole nitrogens is 2. The number of hydrogen-bond donors (Lipinski definition) is 11. The summed E-state index contributed by atoms with van der Waals surface area (Å²) < 4.78 is 33.8. The van der Waals surface area contributed by atoms with Crippen LogP contribution in [0.4, 0.5) is 46.3 Å². The number of ether oxygens (including phenoxy) is 2. The molecule has 5 amide bonds. The Bertz CT molecular complexity index is 7830. The molecule has 5 aromatic carbocycles. The maximum Gasteiger partial charge on any atom is 0.236 e. The van der Waals surface area contributed by atoms with E-state index in [2.05, 4.69) is 157 Å². The van der Waals surface area contributed by atoms with Gasteiger partial charge in [0.1, 0.15) is 29.0 Å². The normalized spacial score (nSPS) is 15.0. The fourth-order valence-corrected chi connectivity index (χ4v) is 19.8. The number of sulfone groups is 1. The van der Waals surface area contributed by atoms with E-state index in [1.54, 1.807) is 87.0 Å². The SMILES string of the molecule is COc1cc(NC(=O)C2(c3ccc(-c4cnc5[nH]ccc5c4)cc3)CCC2)ccn1.CS(=O)(=O)c1ccc(NC(=O)C2(c3ccc(-c4cnc(N)nc4)cc3)CCC2)cn1.Cc1cc(NC(=O)C2(c3ccc(-c4cnc(N)nc4)cc3)CCC2)ccn1.Cc1cc(NC(=O)C2(c3ccc(-c4cnc5[nH]ccc5c4)cc3)CCC2)ccn1.N#Cc1ccc(NC(=O)C2(c3ccc(-c4cnc(N)c(CO)c4)cc3)CCOCC2)nc1. The van der Waals surface area contributed by atoms with Gasteiger partial charge >= 0.3 is 0 Å². The van der Waals surface area contributed by atoms with Crippen molar-refractivity contribution in [1.29, 1.82) is 5.26 Å². The van der Waals surface area contributed by atoms with Crippen LogP contribution in [-0.2, 0) is 72.2 Å².